The number of hydrazone groups is 1. The number of non-ortho nitro benzene ring substituents is 1. The minimum Gasteiger partial charge on any atom is -0.271 e. The van der Waals surface area contributed by atoms with Crippen molar-refractivity contribution in [2.24, 2.45) is 5.10 Å². The maximum Gasteiger partial charge on any atom is 0.301 e. The van der Waals surface area contributed by atoms with E-state index in [1.807, 2.05) is 63.2 Å². The fourth-order valence-corrected chi connectivity index (χ4v) is 3.18. The third-order valence-corrected chi connectivity index (χ3v) is 4.71. The zero-order chi connectivity index (χ0) is 21.8. The van der Waals surface area contributed by atoms with Crippen molar-refractivity contribution in [3.63, 3.8) is 0 Å². The first-order valence-corrected chi connectivity index (χ1v) is 9.18. The van der Waals surface area contributed by atoms with Crippen molar-refractivity contribution >= 4 is 22.8 Å². The molecule has 0 heterocycles. The summed E-state index contributed by atoms with van der Waals surface area (Å²) in [5, 5.41) is 26.9. The molecule has 0 aliphatic heterocycles. The van der Waals surface area contributed by atoms with Crippen LogP contribution in [0.2, 0.25) is 0 Å². The molecule has 0 fully saturated rings. The monoisotopic (exact) mass is 404 g/mol. The third-order valence-electron chi connectivity index (χ3n) is 4.71. The number of nitrogens with zero attached hydrogens (tertiary/aromatic N) is 3. The van der Waals surface area contributed by atoms with Gasteiger partial charge in [-0.3, -0.25) is 25.7 Å². The smallest absolute Gasteiger partial charge is 0.271 e. The van der Waals surface area contributed by atoms with Gasteiger partial charge in [-0.2, -0.15) is 5.10 Å². The Balaban J connectivity index is 2.13. The largest absolute Gasteiger partial charge is 0.301 e. The van der Waals surface area contributed by atoms with Crippen molar-refractivity contribution in [2.75, 3.05) is 5.43 Å². The molecular weight excluding hydrogens is 384 g/mol. The van der Waals surface area contributed by atoms with Gasteiger partial charge in [-0.25, -0.2) is 0 Å². The Bertz CT molecular complexity index is 1170. The Morgan fingerprint density at radius 3 is 2.17 bits per heavy atom. The van der Waals surface area contributed by atoms with Crippen LogP contribution in [0.25, 0.3) is 0 Å². The highest BCUT2D eigenvalue weighted by Gasteiger charge is 2.20. The highest BCUT2D eigenvalue weighted by molar-refractivity contribution is 6.14. The van der Waals surface area contributed by atoms with Gasteiger partial charge in [0.25, 0.3) is 5.69 Å². The summed E-state index contributed by atoms with van der Waals surface area (Å²) in [6.07, 6.45) is 0. The van der Waals surface area contributed by atoms with Gasteiger partial charge in [0.05, 0.1) is 21.6 Å². The molecule has 0 aromatic heterocycles. The van der Waals surface area contributed by atoms with E-state index >= 15 is 0 Å². The van der Waals surface area contributed by atoms with E-state index in [-0.39, 0.29) is 11.4 Å². The summed E-state index contributed by atoms with van der Waals surface area (Å²) >= 11 is 0. The first kappa shape index (κ1) is 20.7. The summed E-state index contributed by atoms with van der Waals surface area (Å²) in [5.74, 6) is 0. The molecule has 0 bridgehead atoms. The molecule has 1 N–H and O–H groups in total. The number of hydrogen-bond donors (Lipinski definition) is 1. The Morgan fingerprint density at radius 2 is 1.53 bits per heavy atom. The number of hydrogen-bond acceptors (Lipinski definition) is 6. The number of nitro groups is 2. The second-order valence-electron chi connectivity index (χ2n) is 6.92. The predicted octanol–water partition coefficient (Wildman–Crippen LogP) is 5.29. The number of anilines is 1. The van der Waals surface area contributed by atoms with Crippen LogP contribution in [0, 0.1) is 41.0 Å². The fourth-order valence-electron chi connectivity index (χ4n) is 3.18. The highest BCUT2D eigenvalue weighted by Crippen LogP contribution is 2.29. The first-order chi connectivity index (χ1) is 14.3. The van der Waals surface area contributed by atoms with Crippen molar-refractivity contribution < 1.29 is 9.85 Å². The summed E-state index contributed by atoms with van der Waals surface area (Å²) in [5.41, 5.74) is 7.55. The molecule has 8 nitrogen and oxygen atoms in total. The van der Waals surface area contributed by atoms with E-state index in [1.165, 1.54) is 12.1 Å². The predicted molar refractivity (Wildman–Crippen MR) is 116 cm³/mol. The fraction of sp³-hybridized carbons (Fsp3) is 0.136. The van der Waals surface area contributed by atoms with E-state index in [0.29, 0.717) is 5.71 Å². The van der Waals surface area contributed by atoms with Crippen molar-refractivity contribution in [1.82, 2.24) is 0 Å². The molecule has 0 radical (unpaired) electrons. The average Bonchev–Trinajstić information content (AvgIpc) is 2.70. The normalized spacial score (nSPS) is 11.2. The lowest BCUT2D eigenvalue weighted by Gasteiger charge is -2.14. The third kappa shape index (κ3) is 4.33. The van der Waals surface area contributed by atoms with Crippen LogP contribution in [0.4, 0.5) is 17.1 Å². The van der Waals surface area contributed by atoms with Gasteiger partial charge in [0.15, 0.2) is 0 Å². The van der Waals surface area contributed by atoms with Crippen molar-refractivity contribution in [2.45, 2.75) is 20.8 Å². The maximum absolute atomic E-state index is 11.4. The first-order valence-electron chi connectivity index (χ1n) is 9.18. The lowest BCUT2D eigenvalue weighted by molar-refractivity contribution is -0.393. The topological polar surface area (TPSA) is 111 Å². The molecule has 30 heavy (non-hydrogen) atoms. The Hall–Kier alpha value is -4.07. The summed E-state index contributed by atoms with van der Waals surface area (Å²) in [6.45, 7) is 5.94. The van der Waals surface area contributed by atoms with Crippen LogP contribution in [0.15, 0.2) is 65.8 Å². The van der Waals surface area contributed by atoms with Crippen LogP contribution in [0.3, 0.4) is 0 Å². The quantitative estimate of drug-likeness (QED) is 0.341. The standard InChI is InChI=1S/C22H20N4O4/c1-14-8-10-19(16(3)12-14)22(18-7-5-4-6-15(18)2)24-23-20-11-9-17(25(27)28)13-21(20)26(29)30/h4-13,23H,1-3H3/b24-22+. The highest BCUT2D eigenvalue weighted by atomic mass is 16.6. The molecule has 152 valence electrons. The van der Waals surface area contributed by atoms with Gasteiger partial charge in [-0.05, 0) is 38.0 Å². The van der Waals surface area contributed by atoms with E-state index in [4.69, 9.17) is 0 Å². The molecule has 0 unspecified atom stereocenters. The molecule has 3 rings (SSSR count). The summed E-state index contributed by atoms with van der Waals surface area (Å²) < 4.78 is 0. The Morgan fingerprint density at radius 1 is 0.833 bits per heavy atom. The lowest BCUT2D eigenvalue weighted by atomic mass is 9.94. The number of nitro benzene ring substituents is 2. The summed E-state index contributed by atoms with van der Waals surface area (Å²) in [4.78, 5) is 21.0. The molecule has 0 spiro atoms. The van der Waals surface area contributed by atoms with Gasteiger partial charge in [-0.15, -0.1) is 0 Å². The summed E-state index contributed by atoms with van der Waals surface area (Å²) in [6, 6.07) is 17.1. The van der Waals surface area contributed by atoms with Gasteiger partial charge in [0.1, 0.15) is 5.69 Å². The van der Waals surface area contributed by atoms with Gasteiger partial charge < -0.3 is 0 Å². The zero-order valence-electron chi connectivity index (χ0n) is 16.7. The number of benzene rings is 3. The van der Waals surface area contributed by atoms with Gasteiger partial charge in [0, 0.05) is 17.2 Å². The lowest BCUT2D eigenvalue weighted by Crippen LogP contribution is -2.11. The molecule has 0 saturated heterocycles. The van der Waals surface area contributed by atoms with Crippen LogP contribution >= 0.6 is 0 Å². The van der Waals surface area contributed by atoms with Crippen LogP contribution in [-0.4, -0.2) is 15.6 Å². The van der Waals surface area contributed by atoms with Crippen molar-refractivity contribution in [3.8, 4) is 0 Å². The second kappa shape index (κ2) is 8.52. The minimum absolute atomic E-state index is 0.0708. The molecule has 3 aromatic carbocycles. The molecule has 0 aliphatic rings. The van der Waals surface area contributed by atoms with E-state index in [1.54, 1.807) is 0 Å². The number of nitrogens with one attached hydrogen (secondary N) is 1. The van der Waals surface area contributed by atoms with Crippen LogP contribution in [0.1, 0.15) is 27.8 Å². The van der Waals surface area contributed by atoms with E-state index in [0.717, 1.165) is 33.9 Å². The van der Waals surface area contributed by atoms with Crippen molar-refractivity contribution in [1.29, 1.82) is 0 Å². The molecule has 0 saturated carbocycles. The Kier molecular flexibility index (Phi) is 5.87. The zero-order valence-corrected chi connectivity index (χ0v) is 16.7. The SMILES string of the molecule is Cc1ccc(/C(=N/Nc2ccc([N+](=O)[O-])cc2[N+](=O)[O-])c2ccccc2C)c(C)c1. The molecule has 8 heteroatoms. The molecule has 0 aliphatic carbocycles. The molecule has 0 atom stereocenters. The number of aryl methyl sites for hydroxylation is 3. The molecule has 3 aromatic rings. The molecular formula is C22H20N4O4. The van der Waals surface area contributed by atoms with E-state index in [2.05, 4.69) is 10.5 Å². The van der Waals surface area contributed by atoms with Crippen LogP contribution < -0.4 is 5.43 Å². The molecule has 0 amide bonds. The van der Waals surface area contributed by atoms with Gasteiger partial charge >= 0.3 is 5.69 Å². The van der Waals surface area contributed by atoms with Crippen LogP contribution in [0.5, 0.6) is 0 Å². The maximum atomic E-state index is 11.4. The number of rotatable bonds is 6. The van der Waals surface area contributed by atoms with Gasteiger partial charge in [-0.1, -0.05) is 48.0 Å². The van der Waals surface area contributed by atoms with Crippen molar-refractivity contribution in [3.05, 3.63) is 109 Å². The van der Waals surface area contributed by atoms with E-state index < -0.39 is 15.5 Å². The summed E-state index contributed by atoms with van der Waals surface area (Å²) in [7, 11) is 0. The Labute approximate surface area is 173 Å². The average molecular weight is 404 g/mol. The second-order valence-corrected chi connectivity index (χ2v) is 6.92. The van der Waals surface area contributed by atoms with Crippen LogP contribution in [-0.2, 0) is 0 Å². The van der Waals surface area contributed by atoms with Gasteiger partial charge in [0.2, 0.25) is 0 Å². The minimum atomic E-state index is -0.672. The van der Waals surface area contributed by atoms with E-state index in [9.17, 15) is 20.2 Å².